The molecule has 1 saturated heterocycles. The normalized spacial score (nSPS) is 19.3. The van der Waals surface area contributed by atoms with Crippen LogP contribution in [0.2, 0.25) is 0 Å². The highest BCUT2D eigenvalue weighted by Gasteiger charge is 2.34. The lowest BCUT2D eigenvalue weighted by Crippen LogP contribution is -2.34. The van der Waals surface area contributed by atoms with Gasteiger partial charge in [0, 0.05) is 12.6 Å². The van der Waals surface area contributed by atoms with Crippen LogP contribution in [0.25, 0.3) is 5.57 Å². The minimum absolute atomic E-state index is 0.141. The Labute approximate surface area is 197 Å². The number of carbonyl (C=O) groups is 3. The van der Waals surface area contributed by atoms with Crippen molar-refractivity contribution < 1.29 is 23.9 Å². The second-order valence-corrected chi connectivity index (χ2v) is 8.06. The third-order valence-corrected chi connectivity index (χ3v) is 5.63. The van der Waals surface area contributed by atoms with Crippen LogP contribution >= 0.6 is 0 Å². The van der Waals surface area contributed by atoms with E-state index in [0.717, 1.165) is 16.7 Å². The van der Waals surface area contributed by atoms with E-state index in [1.165, 1.54) is 16.7 Å². The van der Waals surface area contributed by atoms with Crippen LogP contribution in [0.15, 0.2) is 60.7 Å². The summed E-state index contributed by atoms with van der Waals surface area (Å²) >= 11 is 0. The quantitative estimate of drug-likeness (QED) is 0.499. The number of nitrogens with one attached hydrogen (secondary N) is 1. The number of hydrogen-bond acceptors (Lipinski definition) is 7. The zero-order chi connectivity index (χ0) is 24.1. The number of hydrogen-bond donors (Lipinski definition) is 1. The lowest BCUT2D eigenvalue weighted by molar-refractivity contribution is -0.148. The number of rotatable bonds is 7. The van der Waals surface area contributed by atoms with Crippen molar-refractivity contribution in [3.63, 3.8) is 0 Å². The Morgan fingerprint density at radius 3 is 2.59 bits per heavy atom. The summed E-state index contributed by atoms with van der Waals surface area (Å²) in [6, 6.07) is 15.8. The molecule has 2 aromatic carbocycles. The molecule has 174 valence electrons. The van der Waals surface area contributed by atoms with Crippen molar-refractivity contribution >= 4 is 29.2 Å². The summed E-state index contributed by atoms with van der Waals surface area (Å²) in [4.78, 5) is 38.8. The summed E-state index contributed by atoms with van der Waals surface area (Å²) in [7, 11) is 0. The van der Waals surface area contributed by atoms with Crippen LogP contribution in [0.5, 0.6) is 0 Å². The van der Waals surface area contributed by atoms with E-state index in [1.807, 2.05) is 42.5 Å². The third kappa shape index (κ3) is 5.18. The van der Waals surface area contributed by atoms with Gasteiger partial charge in [-0.3, -0.25) is 14.6 Å². The van der Waals surface area contributed by atoms with Gasteiger partial charge in [0.2, 0.25) is 5.91 Å². The number of nitriles is 1. The van der Waals surface area contributed by atoms with Crippen LogP contribution in [0.3, 0.4) is 0 Å². The van der Waals surface area contributed by atoms with Crippen LogP contribution in [-0.2, 0) is 25.7 Å². The van der Waals surface area contributed by atoms with E-state index >= 15 is 0 Å². The maximum Gasteiger partial charge on any atom is 0.414 e. The van der Waals surface area contributed by atoms with Gasteiger partial charge in [0.25, 0.3) is 0 Å². The SMILES string of the molecule is CC(=O)NC[C@H]1CN(c2ccc(C3=C[C@@H](C(=O)OCc4ccccc4)N(C#N)C3)cc2)C(=O)O1. The fourth-order valence-electron chi connectivity index (χ4n) is 3.86. The first-order chi connectivity index (χ1) is 16.4. The molecule has 0 bridgehead atoms. The maximum atomic E-state index is 12.6. The molecule has 0 aromatic heterocycles. The molecule has 0 saturated carbocycles. The Morgan fingerprint density at radius 2 is 1.91 bits per heavy atom. The van der Waals surface area contributed by atoms with E-state index in [4.69, 9.17) is 9.47 Å². The predicted molar refractivity (Wildman–Crippen MR) is 123 cm³/mol. The molecule has 0 aliphatic carbocycles. The largest absolute Gasteiger partial charge is 0.459 e. The molecule has 0 radical (unpaired) electrons. The fourth-order valence-corrected chi connectivity index (χ4v) is 3.86. The first-order valence-electron chi connectivity index (χ1n) is 10.8. The number of nitrogens with zero attached hydrogens (tertiary/aromatic N) is 3. The highest BCUT2D eigenvalue weighted by molar-refractivity contribution is 5.90. The van der Waals surface area contributed by atoms with E-state index < -0.39 is 24.2 Å². The maximum absolute atomic E-state index is 12.6. The second-order valence-electron chi connectivity index (χ2n) is 8.06. The van der Waals surface area contributed by atoms with Crippen LogP contribution < -0.4 is 10.2 Å². The molecule has 1 N–H and O–H groups in total. The number of esters is 1. The lowest BCUT2D eigenvalue weighted by atomic mass is 10.1. The number of amides is 2. The van der Waals surface area contributed by atoms with Gasteiger partial charge < -0.3 is 14.8 Å². The molecule has 2 aliphatic heterocycles. The zero-order valence-corrected chi connectivity index (χ0v) is 18.6. The van der Waals surface area contributed by atoms with E-state index in [-0.39, 0.29) is 25.6 Å². The fraction of sp³-hybridized carbons (Fsp3) is 0.280. The molecule has 34 heavy (non-hydrogen) atoms. The predicted octanol–water partition coefficient (Wildman–Crippen LogP) is 2.44. The van der Waals surface area contributed by atoms with E-state index in [9.17, 15) is 19.6 Å². The lowest BCUT2D eigenvalue weighted by Gasteiger charge is -2.17. The Hall–Kier alpha value is -4.32. The molecule has 0 spiro atoms. The number of ether oxygens (including phenoxy) is 2. The highest BCUT2D eigenvalue weighted by atomic mass is 16.6. The molecule has 4 rings (SSSR count). The average Bonchev–Trinajstić information content (AvgIpc) is 3.45. The molecule has 2 aromatic rings. The monoisotopic (exact) mass is 460 g/mol. The van der Waals surface area contributed by atoms with E-state index in [1.54, 1.807) is 18.2 Å². The Balaban J connectivity index is 1.41. The topological polar surface area (TPSA) is 112 Å². The van der Waals surface area contributed by atoms with Crippen molar-refractivity contribution in [3.05, 3.63) is 71.8 Å². The van der Waals surface area contributed by atoms with Crippen molar-refractivity contribution in [1.82, 2.24) is 10.2 Å². The second kappa shape index (κ2) is 10.1. The minimum atomic E-state index is -0.786. The summed E-state index contributed by atoms with van der Waals surface area (Å²) in [6.07, 6.45) is 2.91. The van der Waals surface area contributed by atoms with Crippen LogP contribution in [-0.4, -0.2) is 54.6 Å². The van der Waals surface area contributed by atoms with Gasteiger partial charge in [-0.05, 0) is 34.9 Å². The van der Waals surface area contributed by atoms with Crippen molar-refractivity contribution in [3.8, 4) is 6.19 Å². The summed E-state index contributed by atoms with van der Waals surface area (Å²) in [6.45, 7) is 2.42. The highest BCUT2D eigenvalue weighted by Crippen LogP contribution is 2.28. The molecule has 2 amide bonds. The van der Waals surface area contributed by atoms with Crippen molar-refractivity contribution in [1.29, 1.82) is 5.26 Å². The van der Waals surface area contributed by atoms with Crippen molar-refractivity contribution in [2.24, 2.45) is 0 Å². The number of benzene rings is 2. The summed E-state index contributed by atoms with van der Waals surface area (Å²) in [5.74, 6) is -0.667. The molecule has 9 heteroatoms. The Bertz CT molecular complexity index is 1140. The van der Waals surface area contributed by atoms with Gasteiger partial charge in [-0.25, -0.2) is 9.59 Å². The standard InChI is InChI=1S/C25H24N4O5/c1-17(30)27-12-22-14-29(25(32)34-22)21-9-7-19(8-10-21)20-11-23(28(13-20)16-26)24(31)33-15-18-5-3-2-4-6-18/h2-11,22-23H,12-15H2,1H3,(H,27,30)/t22-,23-/m0/s1. The molecule has 2 heterocycles. The van der Waals surface area contributed by atoms with Gasteiger partial charge in [-0.2, -0.15) is 5.26 Å². The molecule has 0 unspecified atom stereocenters. The minimum Gasteiger partial charge on any atom is -0.459 e. The first kappa shape index (κ1) is 22.9. The summed E-state index contributed by atoms with van der Waals surface area (Å²) in [5.41, 5.74) is 3.19. The number of carbonyl (C=O) groups excluding carboxylic acids is 3. The smallest absolute Gasteiger partial charge is 0.414 e. The van der Waals surface area contributed by atoms with Gasteiger partial charge in [0.15, 0.2) is 12.2 Å². The summed E-state index contributed by atoms with van der Waals surface area (Å²) < 4.78 is 10.7. The van der Waals surface area contributed by atoms with Crippen LogP contribution in [0, 0.1) is 11.5 Å². The van der Waals surface area contributed by atoms with Gasteiger partial charge >= 0.3 is 12.1 Å². The Morgan fingerprint density at radius 1 is 1.18 bits per heavy atom. The van der Waals surface area contributed by atoms with Crippen LogP contribution in [0.1, 0.15) is 18.1 Å². The molecular weight excluding hydrogens is 436 g/mol. The molecular formula is C25H24N4O5. The molecule has 1 fully saturated rings. The van der Waals surface area contributed by atoms with Gasteiger partial charge in [0.05, 0.1) is 19.6 Å². The third-order valence-electron chi connectivity index (χ3n) is 5.63. The molecule has 2 atom stereocenters. The van der Waals surface area contributed by atoms with Gasteiger partial charge in [0.1, 0.15) is 12.7 Å². The number of anilines is 1. The van der Waals surface area contributed by atoms with Crippen molar-refractivity contribution in [2.75, 3.05) is 24.5 Å². The Kier molecular flexibility index (Phi) is 6.78. The van der Waals surface area contributed by atoms with Gasteiger partial charge in [-0.15, -0.1) is 0 Å². The zero-order valence-electron chi connectivity index (χ0n) is 18.6. The molecule has 2 aliphatic rings. The van der Waals surface area contributed by atoms with Crippen LogP contribution in [0.4, 0.5) is 10.5 Å². The van der Waals surface area contributed by atoms with E-state index in [2.05, 4.69) is 11.5 Å². The van der Waals surface area contributed by atoms with E-state index in [0.29, 0.717) is 12.2 Å². The first-order valence-corrected chi connectivity index (χ1v) is 10.8. The average molecular weight is 460 g/mol. The van der Waals surface area contributed by atoms with Gasteiger partial charge in [-0.1, -0.05) is 42.5 Å². The number of cyclic esters (lactones) is 1. The van der Waals surface area contributed by atoms with Crippen molar-refractivity contribution in [2.45, 2.75) is 25.7 Å². The molecule has 9 nitrogen and oxygen atoms in total. The summed E-state index contributed by atoms with van der Waals surface area (Å²) in [5, 5.41) is 12.2.